The van der Waals surface area contributed by atoms with Gasteiger partial charge in [-0.25, -0.2) is 0 Å². The molecule has 1 rings (SSSR count). The average molecular weight is 264 g/mol. The van der Waals surface area contributed by atoms with Gasteiger partial charge in [0, 0.05) is 32.7 Å². The highest BCUT2D eigenvalue weighted by atomic mass is 16.5. The number of rotatable bonds is 5. The summed E-state index contributed by atoms with van der Waals surface area (Å²) in [5, 5.41) is 8.76. The smallest absolute Gasteiger partial charge is 0.251 e. The molecule has 0 aliphatic heterocycles. The van der Waals surface area contributed by atoms with E-state index in [1.54, 1.807) is 45.5 Å². The van der Waals surface area contributed by atoms with Crippen molar-refractivity contribution in [1.29, 1.82) is 0 Å². The standard InChI is InChI=1S/C13H20N4O2/c1-14-13(15-2)17-8-7-16-12(18)10-5-4-6-11(9-10)19-3/h4-6,9H,7-8H2,1-3H3,(H,16,18)(H2,14,15,17). The van der Waals surface area contributed by atoms with Crippen molar-refractivity contribution in [2.45, 2.75) is 0 Å². The van der Waals surface area contributed by atoms with E-state index in [4.69, 9.17) is 4.74 Å². The number of guanidine groups is 1. The Bertz CT molecular complexity index is 446. The zero-order chi connectivity index (χ0) is 14.1. The number of hydrogen-bond donors (Lipinski definition) is 3. The minimum absolute atomic E-state index is 0.125. The maximum atomic E-state index is 11.9. The fraction of sp³-hybridized carbons (Fsp3) is 0.385. The zero-order valence-electron chi connectivity index (χ0n) is 11.5. The SMILES string of the molecule is CN=C(NC)NCCNC(=O)c1cccc(OC)c1. The minimum atomic E-state index is -0.125. The van der Waals surface area contributed by atoms with Crippen LogP contribution in [0.15, 0.2) is 29.3 Å². The van der Waals surface area contributed by atoms with E-state index in [-0.39, 0.29) is 5.91 Å². The molecule has 0 aromatic heterocycles. The summed E-state index contributed by atoms with van der Waals surface area (Å²) in [4.78, 5) is 15.8. The third-order valence-corrected chi connectivity index (χ3v) is 2.50. The van der Waals surface area contributed by atoms with Gasteiger partial charge in [-0.3, -0.25) is 9.79 Å². The highest BCUT2D eigenvalue weighted by Gasteiger charge is 2.05. The van der Waals surface area contributed by atoms with Crippen LogP contribution in [0.25, 0.3) is 0 Å². The first-order chi connectivity index (χ1) is 9.21. The lowest BCUT2D eigenvalue weighted by atomic mass is 10.2. The number of carbonyl (C=O) groups is 1. The third-order valence-electron chi connectivity index (χ3n) is 2.50. The van der Waals surface area contributed by atoms with E-state index < -0.39 is 0 Å². The minimum Gasteiger partial charge on any atom is -0.497 e. The van der Waals surface area contributed by atoms with Crippen LogP contribution in [0.3, 0.4) is 0 Å². The largest absolute Gasteiger partial charge is 0.497 e. The van der Waals surface area contributed by atoms with Gasteiger partial charge in [-0.2, -0.15) is 0 Å². The van der Waals surface area contributed by atoms with Crippen molar-refractivity contribution in [3.8, 4) is 5.75 Å². The molecular weight excluding hydrogens is 244 g/mol. The Balaban J connectivity index is 2.39. The Morgan fingerprint density at radius 1 is 1.32 bits per heavy atom. The van der Waals surface area contributed by atoms with Crippen molar-refractivity contribution < 1.29 is 9.53 Å². The van der Waals surface area contributed by atoms with Crippen LogP contribution in [-0.2, 0) is 0 Å². The third kappa shape index (κ3) is 4.87. The van der Waals surface area contributed by atoms with Crippen LogP contribution in [0.5, 0.6) is 5.75 Å². The van der Waals surface area contributed by atoms with E-state index >= 15 is 0 Å². The van der Waals surface area contributed by atoms with E-state index in [1.807, 2.05) is 0 Å². The molecule has 104 valence electrons. The number of benzene rings is 1. The van der Waals surface area contributed by atoms with Crippen molar-refractivity contribution >= 4 is 11.9 Å². The summed E-state index contributed by atoms with van der Waals surface area (Å²) in [5.74, 6) is 1.23. The number of methoxy groups -OCH3 is 1. The van der Waals surface area contributed by atoms with Crippen molar-refractivity contribution in [1.82, 2.24) is 16.0 Å². The van der Waals surface area contributed by atoms with Gasteiger partial charge in [0.05, 0.1) is 7.11 Å². The first kappa shape index (κ1) is 14.8. The van der Waals surface area contributed by atoms with Crippen molar-refractivity contribution in [2.75, 3.05) is 34.3 Å². The van der Waals surface area contributed by atoms with Crippen molar-refractivity contribution in [3.63, 3.8) is 0 Å². The molecule has 1 amide bonds. The van der Waals surface area contributed by atoms with Gasteiger partial charge in [0.15, 0.2) is 5.96 Å². The first-order valence-electron chi connectivity index (χ1n) is 6.02. The summed E-state index contributed by atoms with van der Waals surface area (Å²) in [7, 11) is 5.04. The second-order valence-corrected chi connectivity index (χ2v) is 3.74. The van der Waals surface area contributed by atoms with Crippen LogP contribution in [0.1, 0.15) is 10.4 Å². The summed E-state index contributed by atoms with van der Waals surface area (Å²) in [6.07, 6.45) is 0. The highest BCUT2D eigenvalue weighted by Crippen LogP contribution is 2.11. The molecule has 0 unspecified atom stereocenters. The number of aliphatic imine (C=N–C) groups is 1. The molecule has 0 saturated heterocycles. The molecule has 0 aliphatic rings. The number of ether oxygens (including phenoxy) is 1. The number of hydrogen-bond acceptors (Lipinski definition) is 3. The van der Waals surface area contributed by atoms with Gasteiger partial charge in [-0.05, 0) is 18.2 Å². The summed E-state index contributed by atoms with van der Waals surface area (Å²) in [6, 6.07) is 7.04. The summed E-state index contributed by atoms with van der Waals surface area (Å²) in [6.45, 7) is 1.11. The Morgan fingerprint density at radius 3 is 2.68 bits per heavy atom. The Labute approximate surface area is 113 Å². The number of carbonyl (C=O) groups excluding carboxylic acids is 1. The molecule has 0 radical (unpaired) electrons. The molecule has 1 aromatic rings. The van der Waals surface area contributed by atoms with Gasteiger partial charge in [-0.15, -0.1) is 0 Å². The van der Waals surface area contributed by atoms with Crippen LogP contribution < -0.4 is 20.7 Å². The summed E-state index contributed by atoms with van der Waals surface area (Å²) >= 11 is 0. The van der Waals surface area contributed by atoms with Crippen LogP contribution in [0.2, 0.25) is 0 Å². The zero-order valence-corrected chi connectivity index (χ0v) is 11.5. The number of nitrogens with one attached hydrogen (secondary N) is 3. The molecule has 1 aromatic carbocycles. The predicted octanol–water partition coefficient (Wildman–Crippen LogP) is 0.220. The van der Waals surface area contributed by atoms with E-state index in [2.05, 4.69) is 20.9 Å². The first-order valence-corrected chi connectivity index (χ1v) is 6.02. The van der Waals surface area contributed by atoms with Gasteiger partial charge in [0.1, 0.15) is 5.75 Å². The average Bonchev–Trinajstić information content (AvgIpc) is 2.47. The molecule has 6 nitrogen and oxygen atoms in total. The topological polar surface area (TPSA) is 74.8 Å². The molecule has 0 saturated carbocycles. The maximum Gasteiger partial charge on any atom is 0.251 e. The molecule has 3 N–H and O–H groups in total. The Morgan fingerprint density at radius 2 is 2.05 bits per heavy atom. The van der Waals surface area contributed by atoms with Gasteiger partial charge in [0.25, 0.3) is 5.91 Å². The molecule has 0 atom stereocenters. The van der Waals surface area contributed by atoms with E-state index in [0.29, 0.717) is 30.4 Å². The van der Waals surface area contributed by atoms with Crippen LogP contribution in [0.4, 0.5) is 0 Å². The van der Waals surface area contributed by atoms with Crippen LogP contribution >= 0.6 is 0 Å². The van der Waals surface area contributed by atoms with E-state index in [9.17, 15) is 4.79 Å². The van der Waals surface area contributed by atoms with Gasteiger partial charge >= 0.3 is 0 Å². The molecule has 0 heterocycles. The second-order valence-electron chi connectivity index (χ2n) is 3.74. The number of nitrogens with zero attached hydrogens (tertiary/aromatic N) is 1. The Hall–Kier alpha value is -2.24. The molecule has 0 spiro atoms. The lowest BCUT2D eigenvalue weighted by molar-refractivity contribution is 0.0954. The predicted molar refractivity (Wildman–Crippen MR) is 75.7 cm³/mol. The molecule has 0 bridgehead atoms. The van der Waals surface area contributed by atoms with E-state index in [1.165, 1.54) is 0 Å². The molecular formula is C13H20N4O2. The lowest BCUT2D eigenvalue weighted by Gasteiger charge is -2.09. The molecule has 0 fully saturated rings. The lowest BCUT2D eigenvalue weighted by Crippen LogP contribution is -2.39. The Kier molecular flexibility index (Phi) is 6.21. The van der Waals surface area contributed by atoms with E-state index in [0.717, 1.165) is 0 Å². The molecule has 0 aliphatic carbocycles. The van der Waals surface area contributed by atoms with Gasteiger partial charge in [0.2, 0.25) is 0 Å². The monoisotopic (exact) mass is 264 g/mol. The quantitative estimate of drug-likeness (QED) is 0.404. The fourth-order valence-electron chi connectivity index (χ4n) is 1.50. The van der Waals surface area contributed by atoms with Crippen molar-refractivity contribution in [3.05, 3.63) is 29.8 Å². The fourth-order valence-corrected chi connectivity index (χ4v) is 1.50. The van der Waals surface area contributed by atoms with Crippen molar-refractivity contribution in [2.24, 2.45) is 4.99 Å². The van der Waals surface area contributed by atoms with Crippen LogP contribution in [0, 0.1) is 0 Å². The van der Waals surface area contributed by atoms with Gasteiger partial charge < -0.3 is 20.7 Å². The maximum absolute atomic E-state index is 11.9. The highest BCUT2D eigenvalue weighted by molar-refractivity contribution is 5.94. The normalized spacial score (nSPS) is 10.8. The van der Waals surface area contributed by atoms with Crippen LogP contribution in [-0.4, -0.2) is 46.2 Å². The number of amides is 1. The summed E-state index contributed by atoms with van der Waals surface area (Å²) < 4.78 is 5.07. The molecule has 19 heavy (non-hydrogen) atoms. The summed E-state index contributed by atoms with van der Waals surface area (Å²) in [5.41, 5.74) is 0.581. The van der Waals surface area contributed by atoms with Gasteiger partial charge in [-0.1, -0.05) is 6.07 Å². The molecule has 6 heteroatoms. The second kappa shape index (κ2) is 7.97.